The number of thiazole rings is 1. The summed E-state index contributed by atoms with van der Waals surface area (Å²) < 4.78 is 36.8. The molecule has 3 aromatic heterocycles. The van der Waals surface area contributed by atoms with Crippen LogP contribution in [0, 0.1) is 33.8 Å². The Morgan fingerprint density at radius 3 is 2.27 bits per heavy atom. The number of anilines is 2. The molecule has 4 fully saturated rings. The second-order valence-electron chi connectivity index (χ2n) is 31.7. The van der Waals surface area contributed by atoms with Crippen molar-refractivity contribution in [2.75, 3.05) is 88.8 Å². The number of likely N-dealkylation sites (tertiary alicyclic amines) is 3. The molecule has 0 unspecified atom stereocenters. The minimum atomic E-state index is -4.63. The number of sulfonamides is 1. The third kappa shape index (κ3) is 20.3. The maximum absolute atomic E-state index is 14.3. The highest BCUT2D eigenvalue weighted by Gasteiger charge is 2.45. The van der Waals surface area contributed by atoms with E-state index in [0.29, 0.717) is 49.9 Å². The zero-order valence-corrected chi connectivity index (χ0v) is 64.9. The van der Waals surface area contributed by atoms with Crippen LogP contribution in [0.15, 0.2) is 125 Å². The number of nitrogens with zero attached hydrogens (tertiary/aromatic N) is 8. The van der Waals surface area contributed by atoms with Crippen molar-refractivity contribution in [2.24, 2.45) is 16.7 Å². The Morgan fingerprint density at radius 2 is 1.56 bits per heavy atom. The van der Waals surface area contributed by atoms with Gasteiger partial charge in [-0.3, -0.25) is 34.2 Å². The molecule has 4 aromatic carbocycles. The van der Waals surface area contributed by atoms with Crippen LogP contribution >= 0.6 is 22.9 Å². The predicted octanol–water partition coefficient (Wildman–Crippen LogP) is 13.4. The summed E-state index contributed by atoms with van der Waals surface area (Å²) in [5.41, 5.74) is 9.60. The fourth-order valence-electron chi connectivity index (χ4n) is 15.8. The molecular weight excluding hydrogens is 1410 g/mol. The Labute approximate surface area is 637 Å². The van der Waals surface area contributed by atoms with E-state index in [1.165, 1.54) is 39.9 Å². The number of halogens is 1. The molecule has 26 heteroatoms. The number of pyridine rings is 1. The van der Waals surface area contributed by atoms with Gasteiger partial charge in [-0.05, 0) is 185 Å². The fourth-order valence-corrected chi connectivity index (χ4v) is 17.7. The van der Waals surface area contributed by atoms with E-state index in [2.05, 4.69) is 81.2 Å². The summed E-state index contributed by atoms with van der Waals surface area (Å²) in [6, 6.07) is 27.3. The number of aromatic nitrogens is 3. The van der Waals surface area contributed by atoms with Crippen molar-refractivity contribution in [1.29, 1.82) is 0 Å². The Balaban J connectivity index is 0.551. The molecule has 0 saturated carbocycles. The summed E-state index contributed by atoms with van der Waals surface area (Å²) in [5.74, 6) is -1.15. The Bertz CT molecular complexity index is 4420. The number of aromatic amines is 1. The second kappa shape index (κ2) is 34.9. The van der Waals surface area contributed by atoms with Crippen molar-refractivity contribution in [3.8, 4) is 21.9 Å². The Hall–Kier alpha value is -8.30. The summed E-state index contributed by atoms with van der Waals surface area (Å²) in [4.78, 5) is 91.2. The number of H-pyrrole nitrogens is 1. The largest absolute Gasteiger partial charge is 0.455 e. The summed E-state index contributed by atoms with van der Waals surface area (Å²) in [6.07, 6.45) is 16.0. The summed E-state index contributed by atoms with van der Waals surface area (Å²) >= 11 is 7.87. The molecule has 107 heavy (non-hydrogen) atoms. The van der Waals surface area contributed by atoms with Crippen LogP contribution in [0.2, 0.25) is 5.02 Å². The first-order valence-electron chi connectivity index (χ1n) is 38.1. The predicted molar refractivity (Wildman–Crippen MR) is 421 cm³/mol. The highest BCUT2D eigenvalue weighted by molar-refractivity contribution is 7.90. The van der Waals surface area contributed by atoms with Crippen LogP contribution in [0.3, 0.4) is 0 Å². The van der Waals surface area contributed by atoms with Crippen molar-refractivity contribution >= 4 is 90.3 Å². The number of ether oxygens (including phenoxy) is 1. The number of piperazine rings is 1. The number of β-amino-alcohol motifs (C(OH)–C–C–N with tert-alkyl or cyclic N) is 1. The number of hydrogen-bond acceptors (Lipinski definition) is 18. The van der Waals surface area contributed by atoms with E-state index in [4.69, 9.17) is 16.3 Å². The molecule has 7 aromatic rings. The topological polar surface area (TPSA) is 281 Å². The summed E-state index contributed by atoms with van der Waals surface area (Å²) in [5, 5.41) is 34.0. The second-order valence-corrected chi connectivity index (χ2v) is 34.7. The van der Waals surface area contributed by atoms with Crippen LogP contribution in [0.5, 0.6) is 11.5 Å². The van der Waals surface area contributed by atoms with Crippen LogP contribution < -0.4 is 30.3 Å². The molecule has 5 aliphatic rings. The number of hydrogen-bond donors (Lipinski definition) is 6. The van der Waals surface area contributed by atoms with Crippen LogP contribution in [0.1, 0.15) is 158 Å². The number of carbonyl (C=O) groups is 4. The third-order valence-electron chi connectivity index (χ3n) is 22.2. The van der Waals surface area contributed by atoms with E-state index in [1.807, 2.05) is 75.7 Å². The Kier molecular flexibility index (Phi) is 25.6. The molecule has 6 N–H and O–H groups in total. The van der Waals surface area contributed by atoms with Crippen molar-refractivity contribution in [3.05, 3.63) is 158 Å². The van der Waals surface area contributed by atoms with Crippen molar-refractivity contribution in [2.45, 2.75) is 174 Å². The number of aliphatic hydroxyl groups excluding tert-OH is 1. The number of nitro groups is 1. The monoisotopic (exact) mass is 1520 g/mol. The van der Waals surface area contributed by atoms with E-state index >= 15 is 0 Å². The van der Waals surface area contributed by atoms with E-state index in [0.717, 1.165) is 173 Å². The quantitative estimate of drug-likeness (QED) is 0.0144. The first-order valence-corrected chi connectivity index (χ1v) is 40.8. The molecule has 23 nitrogen and oxygen atoms in total. The number of aryl methyl sites for hydroxylation is 1. The van der Waals surface area contributed by atoms with Crippen LogP contribution in [0.25, 0.3) is 27.0 Å². The molecule has 0 bridgehead atoms. The molecule has 572 valence electrons. The van der Waals surface area contributed by atoms with Gasteiger partial charge in [-0.15, -0.1) is 11.3 Å². The van der Waals surface area contributed by atoms with Crippen molar-refractivity contribution < 1.29 is 42.4 Å². The maximum atomic E-state index is 14.3. The van der Waals surface area contributed by atoms with Gasteiger partial charge < -0.3 is 50.4 Å². The molecule has 0 spiro atoms. The number of carbonyl (C=O) groups excluding carboxylic acids is 4. The lowest BCUT2D eigenvalue weighted by Crippen LogP contribution is -2.57. The van der Waals surface area contributed by atoms with Gasteiger partial charge in [0.2, 0.25) is 17.7 Å². The molecule has 4 aliphatic heterocycles. The van der Waals surface area contributed by atoms with Crippen molar-refractivity contribution in [3.63, 3.8) is 0 Å². The fraction of sp³-hybridized carbons (Fsp3) is 0.506. The molecular formula is C81H104ClN13O10S2. The number of benzene rings is 4. The molecule has 1 aliphatic carbocycles. The lowest BCUT2D eigenvalue weighted by molar-refractivity contribution is -0.384. The van der Waals surface area contributed by atoms with Gasteiger partial charge in [-0.1, -0.05) is 114 Å². The molecule has 3 atom stereocenters. The van der Waals surface area contributed by atoms with Crippen LogP contribution in [0.4, 0.5) is 17.1 Å². The van der Waals surface area contributed by atoms with E-state index < -0.39 is 55.0 Å². The lowest BCUT2D eigenvalue weighted by Gasteiger charge is -2.42. The average Bonchev–Trinajstić information content (AvgIpc) is 1.79. The van der Waals surface area contributed by atoms with Crippen molar-refractivity contribution in [1.82, 2.24) is 49.9 Å². The molecule has 4 saturated heterocycles. The number of amides is 4. The van der Waals surface area contributed by atoms with E-state index in [1.54, 1.807) is 41.8 Å². The number of aliphatic hydroxyl groups is 1. The van der Waals surface area contributed by atoms with Gasteiger partial charge in [0, 0.05) is 106 Å². The number of allylic oxidation sites excluding steroid dienone is 1. The molecule has 12 rings (SSSR count). The average molecular weight is 1520 g/mol. The summed E-state index contributed by atoms with van der Waals surface area (Å²) in [6.45, 7) is 22.0. The van der Waals surface area contributed by atoms with Gasteiger partial charge in [0.25, 0.3) is 21.6 Å². The first-order chi connectivity index (χ1) is 51.3. The number of piperidine rings is 2. The lowest BCUT2D eigenvalue weighted by atomic mass is 9.72. The van der Waals surface area contributed by atoms with Crippen LogP contribution in [-0.4, -0.2) is 179 Å². The maximum Gasteiger partial charge on any atom is 0.293 e. The number of nitro benzene ring substituents is 1. The SMILES string of the molecule is Cc1ncsc1-c1ccc(CNC(=O)[C@@H]2C[C@@H](O)CN2C(=O)[C@@H](NC(=O)CCCCCCCCN2CCC(N3CCC(CNc4ccc(S(=O)(=O)NC(=O)c5ccc(N6CCN(CC7=C(c8ccc(Cl)cc8)CC(C)(C)CC7)CC6)cc5Oc5cnc6[nH]ccc6c5)cc4[N+](=O)[O-])CC3)CC2)C(C)(C)C)cc1. The standard InChI is InChI=1S/C81H104ClN13O10S2/c1-54-74(106-53-87-54)58-16-14-55(15-17-58)49-86-78(99)71-45-64(96)52-94(71)79(100)75(80(2,3)4)88-73(97)13-11-9-7-8-10-12-34-90-35-30-62(31-36-90)92-37-28-56(29-38-92)48-84-69-25-23-66(46-70(69)95(101)102)107(103,104)89-77(98)67-24-22-63(44-72(67)105-65-43-59-27-33-83-76(59)85-50-65)93-41-39-91(40-42-93)51-60-26-32-81(5,6)47-68(60)57-18-20-61(82)21-19-57/h14-25,27,33,43-44,46,50,53,56,62,64,71,75,84,96H,7-13,26,28-32,34-42,45,47-49,51-52H2,1-6H3,(H,83,85)(H,86,99)(H,88,97)(H,89,98)/t64-,71+,75-/m1/s1. The number of unbranched alkanes of at least 4 members (excludes halogenated alkanes) is 5. The number of nitrogens with one attached hydrogen (secondary N) is 5. The zero-order valence-electron chi connectivity index (χ0n) is 62.5. The van der Waals surface area contributed by atoms with Gasteiger partial charge in [-0.25, -0.2) is 23.1 Å². The highest BCUT2D eigenvalue weighted by atomic mass is 35.5. The molecule has 4 amide bonds. The van der Waals surface area contributed by atoms with Gasteiger partial charge >= 0.3 is 0 Å². The van der Waals surface area contributed by atoms with E-state index in [9.17, 15) is 42.8 Å². The van der Waals surface area contributed by atoms with Gasteiger partial charge in [-0.2, -0.15) is 0 Å². The smallest absolute Gasteiger partial charge is 0.293 e. The minimum absolute atomic E-state index is 0.0208. The number of fused-ring (bicyclic) bond motifs is 1. The van der Waals surface area contributed by atoms with Crippen LogP contribution in [-0.2, 0) is 31.0 Å². The first kappa shape index (κ1) is 78.3. The third-order valence-corrected chi connectivity index (χ3v) is 24.7. The zero-order chi connectivity index (χ0) is 75.6. The summed E-state index contributed by atoms with van der Waals surface area (Å²) in [7, 11) is -4.63. The minimum Gasteiger partial charge on any atom is -0.455 e. The molecule has 7 heterocycles. The number of rotatable bonds is 29. The van der Waals surface area contributed by atoms with Gasteiger partial charge in [0.05, 0.1) is 43.8 Å². The van der Waals surface area contributed by atoms with Gasteiger partial charge in [0.15, 0.2) is 0 Å². The Morgan fingerprint density at radius 1 is 0.841 bits per heavy atom. The van der Waals surface area contributed by atoms with Gasteiger partial charge in [0.1, 0.15) is 34.9 Å². The normalized spacial score (nSPS) is 19.1. The molecule has 0 radical (unpaired) electrons. The van der Waals surface area contributed by atoms with E-state index in [-0.39, 0.29) is 65.6 Å². The highest BCUT2D eigenvalue weighted by Crippen LogP contribution is 2.44.